The number of nitrogens with one attached hydrogen (secondary N) is 3. The zero-order valence-electron chi connectivity index (χ0n) is 20.4. The first-order valence-electron chi connectivity index (χ1n) is 12.1. The van der Waals surface area contributed by atoms with E-state index in [9.17, 15) is 19.6 Å². The van der Waals surface area contributed by atoms with Crippen LogP contribution in [0.4, 0.5) is 15.3 Å². The number of ether oxygens (including phenoxy) is 1. The molecule has 5 rings (SSSR count). The molecule has 3 heterocycles. The number of methoxy groups -OCH3 is 1. The molecule has 2 aromatic carbocycles. The van der Waals surface area contributed by atoms with E-state index in [0.717, 1.165) is 27.7 Å². The number of urea groups is 2. The normalized spacial score (nSPS) is 16.5. The van der Waals surface area contributed by atoms with Crippen molar-refractivity contribution >= 4 is 34.6 Å². The largest absolute Gasteiger partial charge is 0.467 e. The van der Waals surface area contributed by atoms with Crippen molar-refractivity contribution in [1.82, 2.24) is 25.3 Å². The van der Waals surface area contributed by atoms with Gasteiger partial charge in [0.15, 0.2) is 0 Å². The summed E-state index contributed by atoms with van der Waals surface area (Å²) >= 11 is 0. The summed E-state index contributed by atoms with van der Waals surface area (Å²) in [6.07, 6.45) is 3.20. The van der Waals surface area contributed by atoms with Crippen molar-refractivity contribution in [3.63, 3.8) is 0 Å². The van der Waals surface area contributed by atoms with Gasteiger partial charge in [0.05, 0.1) is 30.5 Å². The Labute approximate surface area is 213 Å². The number of carbonyl (C=O) groups excluding carboxylic acids is 3. The van der Waals surface area contributed by atoms with Crippen molar-refractivity contribution in [2.75, 3.05) is 25.5 Å². The molecule has 11 nitrogen and oxygen atoms in total. The summed E-state index contributed by atoms with van der Waals surface area (Å²) in [4.78, 5) is 41.6. The van der Waals surface area contributed by atoms with Crippen LogP contribution >= 0.6 is 0 Å². The van der Waals surface area contributed by atoms with Crippen molar-refractivity contribution in [3.05, 3.63) is 59.3 Å². The van der Waals surface area contributed by atoms with Gasteiger partial charge < -0.3 is 25.2 Å². The summed E-state index contributed by atoms with van der Waals surface area (Å²) in [6, 6.07) is 11.7. The Morgan fingerprint density at radius 2 is 2.05 bits per heavy atom. The predicted octanol–water partition coefficient (Wildman–Crippen LogP) is 2.74. The smallest absolute Gasteiger partial charge is 0.328 e. The first-order chi connectivity index (χ1) is 17.9. The van der Waals surface area contributed by atoms with Gasteiger partial charge in [-0.2, -0.15) is 10.4 Å². The fourth-order valence-corrected chi connectivity index (χ4v) is 4.96. The Hall–Kier alpha value is -4.59. The number of H-pyrrole nitrogens is 1. The molecule has 1 atom stereocenters. The molecule has 2 aliphatic rings. The topological polar surface area (TPSA) is 143 Å². The van der Waals surface area contributed by atoms with E-state index in [1.165, 1.54) is 7.11 Å². The lowest BCUT2D eigenvalue weighted by molar-refractivity contribution is -0.142. The van der Waals surface area contributed by atoms with E-state index in [2.05, 4.69) is 26.9 Å². The molecule has 1 aromatic heterocycles. The average Bonchev–Trinajstić information content (AvgIpc) is 3.39. The molecule has 0 spiro atoms. The highest BCUT2D eigenvalue weighted by Gasteiger charge is 2.34. The average molecular weight is 502 g/mol. The number of piperidine rings is 1. The number of fused-ring (bicyclic) bond motifs is 2. The molecular weight excluding hydrogens is 474 g/mol. The van der Waals surface area contributed by atoms with E-state index in [1.54, 1.807) is 34.2 Å². The molecule has 0 bridgehead atoms. The Bertz CT molecular complexity index is 1390. The molecule has 1 unspecified atom stereocenters. The van der Waals surface area contributed by atoms with Gasteiger partial charge in [0.1, 0.15) is 6.04 Å². The van der Waals surface area contributed by atoms with Gasteiger partial charge in [-0.1, -0.05) is 6.07 Å². The first-order valence-corrected chi connectivity index (χ1v) is 12.1. The summed E-state index contributed by atoms with van der Waals surface area (Å²) in [5.74, 6) is -0.518. The van der Waals surface area contributed by atoms with Crippen LogP contribution in [0, 0.1) is 11.3 Å². The van der Waals surface area contributed by atoms with Crippen molar-refractivity contribution in [1.29, 1.82) is 5.26 Å². The van der Waals surface area contributed by atoms with Crippen molar-refractivity contribution < 1.29 is 19.1 Å². The summed E-state index contributed by atoms with van der Waals surface area (Å²) in [6.45, 7) is 1.31. The molecule has 190 valence electrons. The molecule has 0 aliphatic carbocycles. The SMILES string of the molecule is COC(=O)C(Cc1ccc2[nH]ncc2c1)NC(=O)N1CCC(N2Cc3cc(C#N)ccc3NC2=O)CC1. The Kier molecular flexibility index (Phi) is 6.64. The van der Waals surface area contributed by atoms with Crippen LogP contribution in [-0.2, 0) is 22.5 Å². The molecule has 3 aromatic rings. The van der Waals surface area contributed by atoms with Gasteiger partial charge in [0.2, 0.25) is 0 Å². The number of benzene rings is 2. The number of anilines is 1. The van der Waals surface area contributed by atoms with Crippen molar-refractivity contribution in [3.8, 4) is 6.07 Å². The van der Waals surface area contributed by atoms with Crippen molar-refractivity contribution in [2.45, 2.75) is 37.9 Å². The number of aromatic nitrogens is 2. The third kappa shape index (κ3) is 5.04. The van der Waals surface area contributed by atoms with Crippen LogP contribution in [0.3, 0.4) is 0 Å². The second kappa shape index (κ2) is 10.2. The quantitative estimate of drug-likeness (QED) is 0.459. The van der Waals surface area contributed by atoms with Gasteiger partial charge in [-0.15, -0.1) is 0 Å². The maximum absolute atomic E-state index is 13.0. The second-order valence-electron chi connectivity index (χ2n) is 9.28. The van der Waals surface area contributed by atoms with Gasteiger partial charge in [0.25, 0.3) is 0 Å². The lowest BCUT2D eigenvalue weighted by atomic mass is 10.00. The van der Waals surface area contributed by atoms with Crippen LogP contribution in [0.15, 0.2) is 42.6 Å². The number of esters is 1. The molecule has 4 amide bonds. The number of rotatable bonds is 5. The van der Waals surface area contributed by atoms with E-state index < -0.39 is 12.0 Å². The zero-order chi connectivity index (χ0) is 25.9. The van der Waals surface area contributed by atoms with Crippen LogP contribution in [0.25, 0.3) is 10.9 Å². The van der Waals surface area contributed by atoms with Crippen molar-refractivity contribution in [2.24, 2.45) is 0 Å². The standard InChI is InChI=1S/C26H27N7O4/c1-37-24(34)23(12-16-2-5-22-18(10-16)14-28-31-22)30-25(35)32-8-6-20(7-9-32)33-15-19-11-17(13-27)3-4-21(19)29-26(33)36/h2-5,10-11,14,20,23H,6-9,12,15H2,1H3,(H,28,31)(H,29,36)(H,30,35). The molecule has 37 heavy (non-hydrogen) atoms. The molecule has 0 radical (unpaired) electrons. The third-order valence-electron chi connectivity index (χ3n) is 7.00. The Morgan fingerprint density at radius 1 is 1.24 bits per heavy atom. The maximum Gasteiger partial charge on any atom is 0.328 e. The molecule has 3 N–H and O–H groups in total. The fraction of sp³-hybridized carbons (Fsp3) is 0.346. The highest BCUT2D eigenvalue weighted by molar-refractivity contribution is 5.92. The number of aromatic amines is 1. The van der Waals surface area contributed by atoms with Gasteiger partial charge in [0, 0.05) is 43.2 Å². The summed E-state index contributed by atoms with van der Waals surface area (Å²) in [5, 5.41) is 22.7. The summed E-state index contributed by atoms with van der Waals surface area (Å²) in [7, 11) is 1.30. The number of nitrogens with zero attached hydrogens (tertiary/aromatic N) is 4. The van der Waals surface area contributed by atoms with Gasteiger partial charge in [-0.3, -0.25) is 5.10 Å². The summed E-state index contributed by atoms with van der Waals surface area (Å²) < 4.78 is 4.94. The lowest BCUT2D eigenvalue weighted by Gasteiger charge is -2.40. The number of hydrogen-bond acceptors (Lipinski definition) is 6. The van der Waals surface area contributed by atoms with Crippen LogP contribution in [0.1, 0.15) is 29.5 Å². The van der Waals surface area contributed by atoms with E-state index >= 15 is 0 Å². The van der Waals surface area contributed by atoms with E-state index in [0.29, 0.717) is 38.0 Å². The highest BCUT2D eigenvalue weighted by atomic mass is 16.5. The molecule has 11 heteroatoms. The van der Waals surface area contributed by atoms with E-state index in [-0.39, 0.29) is 24.5 Å². The Balaban J connectivity index is 1.20. The fourth-order valence-electron chi connectivity index (χ4n) is 4.96. The number of nitriles is 1. The predicted molar refractivity (Wildman–Crippen MR) is 134 cm³/mol. The Morgan fingerprint density at radius 3 is 2.81 bits per heavy atom. The van der Waals surface area contributed by atoms with Gasteiger partial charge in [-0.25, -0.2) is 14.4 Å². The zero-order valence-corrected chi connectivity index (χ0v) is 20.4. The van der Waals surface area contributed by atoms with Gasteiger partial charge in [-0.05, 0) is 54.3 Å². The molecule has 1 fully saturated rings. The van der Waals surface area contributed by atoms with Crippen LogP contribution in [-0.4, -0.2) is 70.3 Å². The minimum atomic E-state index is -0.835. The molecule has 1 saturated heterocycles. The second-order valence-corrected chi connectivity index (χ2v) is 9.28. The maximum atomic E-state index is 13.0. The minimum absolute atomic E-state index is 0.0407. The molecule has 2 aliphatic heterocycles. The monoisotopic (exact) mass is 501 g/mol. The first kappa shape index (κ1) is 24.1. The molecule has 0 saturated carbocycles. The van der Waals surface area contributed by atoms with Crippen LogP contribution in [0.5, 0.6) is 0 Å². The number of carbonyl (C=O) groups is 3. The van der Waals surface area contributed by atoms with Crippen LogP contribution < -0.4 is 10.6 Å². The van der Waals surface area contributed by atoms with E-state index in [1.807, 2.05) is 18.2 Å². The van der Waals surface area contributed by atoms with Gasteiger partial charge >= 0.3 is 18.0 Å². The number of hydrogen-bond donors (Lipinski definition) is 3. The number of amides is 4. The summed E-state index contributed by atoms with van der Waals surface area (Å²) in [5.41, 5.74) is 3.93. The minimum Gasteiger partial charge on any atom is -0.467 e. The van der Waals surface area contributed by atoms with E-state index in [4.69, 9.17) is 4.74 Å². The highest BCUT2D eigenvalue weighted by Crippen LogP contribution is 2.28. The van der Waals surface area contributed by atoms with Crippen LogP contribution in [0.2, 0.25) is 0 Å². The third-order valence-corrected chi connectivity index (χ3v) is 7.00. The lowest BCUT2D eigenvalue weighted by Crippen LogP contribution is -2.54. The molecular formula is C26H27N7O4. The number of likely N-dealkylation sites (tertiary alicyclic amines) is 1.